The van der Waals surface area contributed by atoms with Crippen molar-refractivity contribution in [2.75, 3.05) is 0 Å². The maximum Gasteiger partial charge on any atom is 0.333 e. The fourth-order valence-corrected chi connectivity index (χ4v) is 3.96. The van der Waals surface area contributed by atoms with Gasteiger partial charge in [-0.25, -0.2) is 17.8 Å². The van der Waals surface area contributed by atoms with Gasteiger partial charge in [0.1, 0.15) is 4.90 Å². The molecule has 0 bridgehead atoms. The van der Waals surface area contributed by atoms with Gasteiger partial charge >= 0.3 is 6.55 Å². The smallest absolute Gasteiger partial charge is 0.207 e. The zero-order valence-electron chi connectivity index (χ0n) is 12.4. The van der Waals surface area contributed by atoms with E-state index in [1.165, 1.54) is 13.8 Å². The minimum absolute atomic E-state index is 0.0468. The van der Waals surface area contributed by atoms with Crippen molar-refractivity contribution in [3.05, 3.63) is 47.3 Å². The lowest BCUT2D eigenvalue weighted by Gasteiger charge is -2.15. The monoisotopic (exact) mass is 329 g/mol. The summed E-state index contributed by atoms with van der Waals surface area (Å²) in [5.41, 5.74) is 0.744. The summed E-state index contributed by atoms with van der Waals surface area (Å²) in [7, 11) is -3.95. The molecule has 1 aromatic carbocycles. The first-order chi connectivity index (χ1) is 10.2. The first-order valence-corrected chi connectivity index (χ1v) is 8.13. The van der Waals surface area contributed by atoms with Crippen LogP contribution < -0.4 is 4.72 Å². The van der Waals surface area contributed by atoms with Crippen LogP contribution in [0.2, 0.25) is 0 Å². The summed E-state index contributed by atoms with van der Waals surface area (Å²) in [6.07, 6.45) is 0. The molecule has 0 aliphatic rings. The highest BCUT2D eigenvalue weighted by molar-refractivity contribution is 7.89. The number of aryl methyl sites for hydroxylation is 1. The van der Waals surface area contributed by atoms with Gasteiger partial charge in [0.15, 0.2) is 0 Å². The summed E-state index contributed by atoms with van der Waals surface area (Å²) in [6, 6.07) is 8.51. The molecule has 0 saturated carbocycles. The molecule has 0 aliphatic carbocycles. The number of halogens is 2. The van der Waals surface area contributed by atoms with Gasteiger partial charge in [0.25, 0.3) is 0 Å². The van der Waals surface area contributed by atoms with Crippen molar-refractivity contribution in [3.8, 4) is 0 Å². The Kier molecular flexibility index (Phi) is 4.62. The van der Waals surface area contributed by atoms with Crippen molar-refractivity contribution < 1.29 is 17.2 Å². The molecule has 0 unspecified atom stereocenters. The minimum Gasteiger partial charge on any atom is -0.207 e. The van der Waals surface area contributed by atoms with Gasteiger partial charge in [0.05, 0.1) is 11.4 Å². The second-order valence-corrected chi connectivity index (χ2v) is 6.63. The van der Waals surface area contributed by atoms with Gasteiger partial charge in [-0.1, -0.05) is 30.3 Å². The third-order valence-corrected chi connectivity index (χ3v) is 5.14. The Morgan fingerprint density at radius 1 is 1.18 bits per heavy atom. The van der Waals surface area contributed by atoms with Crippen molar-refractivity contribution in [1.82, 2.24) is 14.5 Å². The first-order valence-electron chi connectivity index (χ1n) is 6.65. The number of nitrogens with zero attached hydrogens (tertiary/aromatic N) is 2. The number of nitrogens with one attached hydrogen (secondary N) is 1. The molecule has 8 heteroatoms. The van der Waals surface area contributed by atoms with E-state index < -0.39 is 22.6 Å². The number of sulfonamides is 1. The molecule has 0 fully saturated rings. The second-order valence-electron chi connectivity index (χ2n) is 4.98. The van der Waals surface area contributed by atoms with Crippen molar-refractivity contribution >= 4 is 10.0 Å². The van der Waals surface area contributed by atoms with Crippen molar-refractivity contribution in [2.45, 2.75) is 38.3 Å². The predicted octanol–water partition coefficient (Wildman–Crippen LogP) is 2.93. The molecule has 5 nitrogen and oxygen atoms in total. The summed E-state index contributed by atoms with van der Waals surface area (Å²) in [6.45, 7) is 1.52. The SMILES string of the molecule is Cc1nn(C(F)F)c(C)c1S(=O)(=O)N[C@H](C)c1ccccc1. The molecule has 0 radical (unpaired) electrons. The molecular formula is C14H17F2N3O2S. The Morgan fingerprint density at radius 2 is 1.77 bits per heavy atom. The summed E-state index contributed by atoms with van der Waals surface area (Å²) in [5, 5.41) is 3.60. The van der Waals surface area contributed by atoms with Crippen molar-refractivity contribution in [3.63, 3.8) is 0 Å². The van der Waals surface area contributed by atoms with E-state index in [-0.39, 0.29) is 16.3 Å². The lowest BCUT2D eigenvalue weighted by Crippen LogP contribution is -2.27. The topological polar surface area (TPSA) is 64.0 Å². The first kappa shape index (κ1) is 16.6. The number of aromatic nitrogens is 2. The number of hydrogen-bond acceptors (Lipinski definition) is 3. The van der Waals surface area contributed by atoms with E-state index in [9.17, 15) is 17.2 Å². The van der Waals surface area contributed by atoms with E-state index in [1.807, 2.05) is 6.07 Å². The van der Waals surface area contributed by atoms with Crippen LogP contribution in [0.5, 0.6) is 0 Å². The number of hydrogen-bond donors (Lipinski definition) is 1. The molecule has 0 spiro atoms. The zero-order chi connectivity index (χ0) is 16.5. The van der Waals surface area contributed by atoms with Crippen LogP contribution in [0.15, 0.2) is 35.2 Å². The molecule has 2 aromatic rings. The summed E-state index contributed by atoms with van der Waals surface area (Å²) in [4.78, 5) is -0.199. The van der Waals surface area contributed by atoms with E-state index in [4.69, 9.17) is 0 Å². The maximum absolute atomic E-state index is 12.8. The van der Waals surface area contributed by atoms with E-state index in [1.54, 1.807) is 31.2 Å². The molecule has 1 atom stereocenters. The van der Waals surface area contributed by atoms with Crippen LogP contribution in [0, 0.1) is 13.8 Å². The molecule has 2 rings (SSSR count). The predicted molar refractivity (Wildman–Crippen MR) is 78.1 cm³/mol. The van der Waals surface area contributed by atoms with E-state index in [2.05, 4.69) is 9.82 Å². The van der Waals surface area contributed by atoms with Gasteiger partial charge in [-0.15, -0.1) is 0 Å². The van der Waals surface area contributed by atoms with Crippen molar-refractivity contribution in [1.29, 1.82) is 0 Å². The Bertz CT molecular complexity index is 758. The summed E-state index contributed by atoms with van der Waals surface area (Å²) in [5.74, 6) is 0. The van der Waals surface area contributed by atoms with E-state index in [0.29, 0.717) is 4.68 Å². The van der Waals surface area contributed by atoms with Crippen LogP contribution in [0.25, 0.3) is 0 Å². The molecule has 120 valence electrons. The Hall–Kier alpha value is -1.80. The van der Waals surface area contributed by atoms with Gasteiger partial charge in [-0.2, -0.15) is 13.9 Å². The lowest BCUT2D eigenvalue weighted by molar-refractivity contribution is 0.0538. The molecule has 1 aromatic heterocycles. The third-order valence-electron chi connectivity index (χ3n) is 3.34. The quantitative estimate of drug-likeness (QED) is 0.917. The Labute approximate surface area is 128 Å². The number of benzene rings is 1. The van der Waals surface area contributed by atoms with Gasteiger partial charge < -0.3 is 0 Å². The second kappa shape index (κ2) is 6.13. The largest absolute Gasteiger partial charge is 0.333 e. The Balaban J connectivity index is 2.36. The zero-order valence-corrected chi connectivity index (χ0v) is 13.2. The average molecular weight is 329 g/mol. The summed E-state index contributed by atoms with van der Waals surface area (Å²) >= 11 is 0. The van der Waals surface area contributed by atoms with Crippen LogP contribution >= 0.6 is 0 Å². The molecule has 0 saturated heterocycles. The van der Waals surface area contributed by atoms with Crippen LogP contribution in [0.3, 0.4) is 0 Å². The molecule has 0 aliphatic heterocycles. The van der Waals surface area contributed by atoms with E-state index >= 15 is 0 Å². The van der Waals surface area contributed by atoms with Gasteiger partial charge in [0.2, 0.25) is 10.0 Å². The molecule has 22 heavy (non-hydrogen) atoms. The molecule has 1 heterocycles. The fourth-order valence-electron chi connectivity index (χ4n) is 2.33. The van der Waals surface area contributed by atoms with Crippen LogP contribution in [0.4, 0.5) is 8.78 Å². The molecule has 0 amide bonds. The highest BCUT2D eigenvalue weighted by Gasteiger charge is 2.28. The number of alkyl halides is 2. The number of rotatable bonds is 5. The van der Waals surface area contributed by atoms with E-state index in [0.717, 1.165) is 5.56 Å². The van der Waals surface area contributed by atoms with Gasteiger partial charge in [-0.3, -0.25) is 0 Å². The highest BCUT2D eigenvalue weighted by Crippen LogP contribution is 2.25. The molecule has 1 N–H and O–H groups in total. The van der Waals surface area contributed by atoms with Crippen molar-refractivity contribution in [2.24, 2.45) is 0 Å². The van der Waals surface area contributed by atoms with Crippen LogP contribution in [0.1, 0.15) is 36.5 Å². The van der Waals surface area contributed by atoms with Gasteiger partial charge in [-0.05, 0) is 26.3 Å². The third kappa shape index (κ3) is 3.17. The average Bonchev–Trinajstić information content (AvgIpc) is 2.75. The minimum atomic E-state index is -3.95. The molecular weight excluding hydrogens is 312 g/mol. The van der Waals surface area contributed by atoms with Gasteiger partial charge in [0, 0.05) is 6.04 Å². The fraction of sp³-hybridized carbons (Fsp3) is 0.357. The standard InChI is InChI=1S/C14H17F2N3O2S/c1-9(12-7-5-4-6-8-12)18-22(20,21)13-10(2)17-19(11(13)3)14(15)16/h4-9,14,18H,1-3H3/t9-/m1/s1. The lowest BCUT2D eigenvalue weighted by atomic mass is 10.1. The highest BCUT2D eigenvalue weighted by atomic mass is 32.2. The van der Waals surface area contributed by atoms with Crippen LogP contribution in [-0.4, -0.2) is 18.2 Å². The van der Waals surface area contributed by atoms with Crippen LogP contribution in [-0.2, 0) is 10.0 Å². The maximum atomic E-state index is 12.8. The Morgan fingerprint density at radius 3 is 2.27 bits per heavy atom. The normalized spacial score (nSPS) is 13.5. The summed E-state index contributed by atoms with van der Waals surface area (Å²) < 4.78 is 53.5.